The summed E-state index contributed by atoms with van der Waals surface area (Å²) in [5.41, 5.74) is 0.496. The van der Waals surface area contributed by atoms with Crippen molar-refractivity contribution in [2.24, 2.45) is 0 Å². The van der Waals surface area contributed by atoms with Gasteiger partial charge in [-0.05, 0) is 43.5 Å². The second kappa shape index (κ2) is 7.45. The highest BCUT2D eigenvalue weighted by molar-refractivity contribution is 5.99. The molecule has 1 aromatic rings. The first-order chi connectivity index (χ1) is 11.0. The molecule has 0 spiro atoms. The summed E-state index contributed by atoms with van der Waals surface area (Å²) < 4.78 is 10.1. The molecular formula is C17H18N2O4. The van der Waals surface area contributed by atoms with E-state index >= 15 is 0 Å². The smallest absolute Gasteiger partial charge is 0.349 e. The van der Waals surface area contributed by atoms with Gasteiger partial charge in [0.15, 0.2) is 6.10 Å². The first-order valence-electron chi connectivity index (χ1n) is 7.30. The van der Waals surface area contributed by atoms with E-state index in [9.17, 15) is 9.59 Å². The summed E-state index contributed by atoms with van der Waals surface area (Å²) in [6.07, 6.45) is 2.38. The Morgan fingerprint density at radius 2 is 2.00 bits per heavy atom. The van der Waals surface area contributed by atoms with Crippen molar-refractivity contribution in [1.29, 1.82) is 5.26 Å². The number of carbonyl (C=O) groups excluding carboxylic acids is 2. The first-order valence-corrected chi connectivity index (χ1v) is 7.30. The molecule has 0 radical (unpaired) electrons. The van der Waals surface area contributed by atoms with Gasteiger partial charge in [-0.2, -0.15) is 5.26 Å². The van der Waals surface area contributed by atoms with Gasteiger partial charge >= 0.3 is 5.97 Å². The van der Waals surface area contributed by atoms with Crippen LogP contribution in [0.5, 0.6) is 5.75 Å². The molecule has 120 valence electrons. The number of benzene rings is 1. The quantitative estimate of drug-likeness (QED) is 0.491. The van der Waals surface area contributed by atoms with Gasteiger partial charge in [-0.15, -0.1) is 0 Å². The number of hydrogen-bond acceptors (Lipinski definition) is 5. The number of methoxy groups -OCH3 is 1. The summed E-state index contributed by atoms with van der Waals surface area (Å²) in [6, 6.07) is 8.86. The summed E-state index contributed by atoms with van der Waals surface area (Å²) in [6.45, 7) is 1.48. The van der Waals surface area contributed by atoms with Crippen LogP contribution in [0.4, 0.5) is 0 Å². The zero-order chi connectivity index (χ0) is 16.8. The molecule has 2 rings (SSSR count). The lowest BCUT2D eigenvalue weighted by molar-refractivity contribution is -0.150. The molecule has 1 fully saturated rings. The molecule has 0 bridgehead atoms. The van der Waals surface area contributed by atoms with Gasteiger partial charge in [0.05, 0.1) is 7.11 Å². The Morgan fingerprint density at radius 1 is 1.35 bits per heavy atom. The highest BCUT2D eigenvalue weighted by atomic mass is 16.5. The minimum absolute atomic E-state index is 0.166. The number of amides is 1. The van der Waals surface area contributed by atoms with Crippen molar-refractivity contribution >= 4 is 18.0 Å². The molecule has 1 aliphatic carbocycles. The molecule has 1 aliphatic rings. The zero-order valence-corrected chi connectivity index (χ0v) is 13.0. The molecule has 1 aromatic carbocycles. The first kappa shape index (κ1) is 16.6. The number of carbonyl (C=O) groups is 2. The van der Waals surface area contributed by atoms with E-state index in [4.69, 9.17) is 14.7 Å². The topological polar surface area (TPSA) is 88.4 Å². The molecule has 1 atom stereocenters. The Bertz CT molecular complexity index is 654. The highest BCUT2D eigenvalue weighted by Crippen LogP contribution is 2.19. The van der Waals surface area contributed by atoms with E-state index in [-0.39, 0.29) is 17.5 Å². The van der Waals surface area contributed by atoms with Crippen LogP contribution in [0.25, 0.3) is 6.08 Å². The highest BCUT2D eigenvalue weighted by Gasteiger charge is 2.27. The van der Waals surface area contributed by atoms with Crippen LogP contribution in [-0.2, 0) is 14.3 Å². The Labute approximate surface area is 134 Å². The van der Waals surface area contributed by atoms with E-state index < -0.39 is 12.1 Å². The standard InChI is InChI=1S/C17H18N2O4/c1-11(16(20)19-14-5-6-14)23-17(21)13(10-18)9-12-3-7-15(22-2)8-4-12/h3-4,7-9,11,14H,5-6H2,1-2H3,(H,19,20)/b13-9+/t11-/m1/s1. The fourth-order valence-corrected chi connectivity index (χ4v) is 1.83. The normalized spacial score (nSPS) is 15.3. The predicted octanol–water partition coefficient (Wildman–Crippen LogP) is 1.81. The van der Waals surface area contributed by atoms with Crippen LogP contribution in [0.2, 0.25) is 0 Å². The number of nitriles is 1. The van der Waals surface area contributed by atoms with Crippen LogP contribution >= 0.6 is 0 Å². The van der Waals surface area contributed by atoms with E-state index in [1.807, 2.05) is 0 Å². The number of ether oxygens (including phenoxy) is 2. The van der Waals surface area contributed by atoms with Crippen molar-refractivity contribution in [2.75, 3.05) is 7.11 Å². The number of nitrogens with zero attached hydrogens (tertiary/aromatic N) is 1. The minimum atomic E-state index is -0.935. The predicted molar refractivity (Wildman–Crippen MR) is 83.3 cm³/mol. The molecule has 6 heteroatoms. The summed E-state index contributed by atoms with van der Waals surface area (Å²) >= 11 is 0. The van der Waals surface area contributed by atoms with Gasteiger partial charge in [-0.3, -0.25) is 4.79 Å². The second-order valence-electron chi connectivity index (χ2n) is 5.27. The lowest BCUT2D eigenvalue weighted by atomic mass is 10.1. The number of rotatable bonds is 6. The van der Waals surface area contributed by atoms with Gasteiger partial charge < -0.3 is 14.8 Å². The Kier molecular flexibility index (Phi) is 5.36. The maximum Gasteiger partial charge on any atom is 0.349 e. The number of nitrogens with one attached hydrogen (secondary N) is 1. The Morgan fingerprint density at radius 3 is 2.52 bits per heavy atom. The molecule has 1 saturated carbocycles. The maximum absolute atomic E-state index is 12.0. The molecule has 0 heterocycles. The second-order valence-corrected chi connectivity index (χ2v) is 5.27. The van der Waals surface area contributed by atoms with E-state index in [1.165, 1.54) is 13.0 Å². The molecule has 1 amide bonds. The van der Waals surface area contributed by atoms with Gasteiger partial charge in [-0.25, -0.2) is 4.79 Å². The number of esters is 1. The third-order valence-corrected chi connectivity index (χ3v) is 3.34. The van der Waals surface area contributed by atoms with Crippen LogP contribution in [0.15, 0.2) is 29.8 Å². The van der Waals surface area contributed by atoms with Crippen molar-refractivity contribution < 1.29 is 19.1 Å². The third-order valence-electron chi connectivity index (χ3n) is 3.34. The van der Waals surface area contributed by atoms with Gasteiger partial charge in [0.1, 0.15) is 17.4 Å². The molecule has 0 aliphatic heterocycles. The monoisotopic (exact) mass is 314 g/mol. The molecule has 6 nitrogen and oxygen atoms in total. The van der Waals surface area contributed by atoms with E-state index in [1.54, 1.807) is 37.4 Å². The SMILES string of the molecule is COc1ccc(/C=C(\C#N)C(=O)O[C@H](C)C(=O)NC2CC2)cc1. The Hall–Kier alpha value is -2.81. The van der Waals surface area contributed by atoms with E-state index in [0.717, 1.165) is 12.8 Å². The van der Waals surface area contributed by atoms with Crippen molar-refractivity contribution in [3.63, 3.8) is 0 Å². The van der Waals surface area contributed by atoms with Crippen molar-refractivity contribution in [1.82, 2.24) is 5.32 Å². The fourth-order valence-electron chi connectivity index (χ4n) is 1.83. The fraction of sp³-hybridized carbons (Fsp3) is 0.353. The van der Waals surface area contributed by atoms with Crippen LogP contribution in [0, 0.1) is 11.3 Å². The maximum atomic E-state index is 12.0. The summed E-state index contributed by atoms with van der Waals surface area (Å²) in [5.74, 6) is -0.488. The van der Waals surface area contributed by atoms with Crippen LogP contribution < -0.4 is 10.1 Å². The van der Waals surface area contributed by atoms with Crippen molar-refractivity contribution in [3.05, 3.63) is 35.4 Å². The van der Waals surface area contributed by atoms with Gasteiger partial charge in [0.2, 0.25) is 0 Å². The van der Waals surface area contributed by atoms with Gasteiger partial charge in [0, 0.05) is 6.04 Å². The average molecular weight is 314 g/mol. The third kappa shape index (κ3) is 4.85. The van der Waals surface area contributed by atoms with E-state index in [2.05, 4.69) is 5.32 Å². The summed E-state index contributed by atoms with van der Waals surface area (Å²) in [7, 11) is 1.55. The van der Waals surface area contributed by atoms with Gasteiger partial charge in [-0.1, -0.05) is 12.1 Å². The number of hydrogen-bond donors (Lipinski definition) is 1. The van der Waals surface area contributed by atoms with Crippen molar-refractivity contribution in [2.45, 2.75) is 31.9 Å². The molecule has 0 aromatic heterocycles. The summed E-state index contributed by atoms with van der Waals surface area (Å²) in [4.78, 5) is 23.8. The minimum Gasteiger partial charge on any atom is -0.497 e. The van der Waals surface area contributed by atoms with E-state index in [0.29, 0.717) is 11.3 Å². The lowest BCUT2D eigenvalue weighted by Gasteiger charge is -2.12. The lowest BCUT2D eigenvalue weighted by Crippen LogP contribution is -2.37. The summed E-state index contributed by atoms with van der Waals surface area (Å²) in [5, 5.41) is 11.9. The molecule has 0 saturated heterocycles. The van der Waals surface area contributed by atoms with Crippen LogP contribution in [-0.4, -0.2) is 31.1 Å². The Balaban J connectivity index is 2.00. The molecular weight excluding hydrogens is 296 g/mol. The molecule has 1 N–H and O–H groups in total. The van der Waals surface area contributed by atoms with Gasteiger partial charge in [0.25, 0.3) is 5.91 Å². The average Bonchev–Trinajstić information content (AvgIpc) is 3.36. The largest absolute Gasteiger partial charge is 0.497 e. The van der Waals surface area contributed by atoms with Crippen molar-refractivity contribution in [3.8, 4) is 11.8 Å². The van der Waals surface area contributed by atoms with Crippen LogP contribution in [0.1, 0.15) is 25.3 Å². The molecule has 23 heavy (non-hydrogen) atoms. The zero-order valence-electron chi connectivity index (χ0n) is 13.0. The van der Waals surface area contributed by atoms with Crippen LogP contribution in [0.3, 0.4) is 0 Å². The molecule has 0 unspecified atom stereocenters.